The third-order valence-electron chi connectivity index (χ3n) is 4.25. The lowest BCUT2D eigenvalue weighted by molar-refractivity contribution is 0.0807. The highest BCUT2D eigenvalue weighted by atomic mass is 32.1. The molecule has 1 saturated heterocycles. The Morgan fingerprint density at radius 3 is 2.92 bits per heavy atom. The summed E-state index contributed by atoms with van der Waals surface area (Å²) in [6.07, 6.45) is 7.26. The summed E-state index contributed by atoms with van der Waals surface area (Å²) in [4.78, 5) is 13.2. The zero-order valence-corrected chi connectivity index (χ0v) is 14.3. The number of benzene rings is 1. The molecular weight excluding hydrogens is 330 g/mol. The number of nitrogens with zero attached hydrogens (tertiary/aromatic N) is 3. The van der Waals surface area contributed by atoms with Crippen molar-refractivity contribution in [2.75, 3.05) is 13.2 Å². The lowest BCUT2D eigenvalue weighted by atomic mass is 10.0. The van der Waals surface area contributed by atoms with Crippen molar-refractivity contribution in [1.29, 1.82) is 0 Å². The van der Waals surface area contributed by atoms with Gasteiger partial charge in [-0.1, -0.05) is 24.1 Å². The normalized spacial score (nSPS) is 14.7. The molecule has 0 N–H and O–H groups in total. The molecule has 0 atom stereocenters. The van der Waals surface area contributed by atoms with Crippen LogP contribution in [0.15, 0.2) is 36.8 Å². The molecule has 1 aromatic carbocycles. The zero-order chi connectivity index (χ0) is 17.1. The largest absolute Gasteiger partial charge is 0.381 e. The Balaban J connectivity index is 1.63. The van der Waals surface area contributed by atoms with E-state index in [0.717, 1.165) is 52.3 Å². The van der Waals surface area contributed by atoms with Gasteiger partial charge in [0.25, 0.3) is 0 Å². The molecule has 122 valence electrons. The number of rotatable bonds is 1. The van der Waals surface area contributed by atoms with Crippen LogP contribution in [0.2, 0.25) is 0 Å². The molecule has 0 amide bonds. The Hall–Kier alpha value is -2.73. The molecule has 1 aliphatic heterocycles. The first-order chi connectivity index (χ1) is 12.3. The van der Waals surface area contributed by atoms with Crippen LogP contribution in [0.4, 0.5) is 5.69 Å². The minimum atomic E-state index is 0.412. The van der Waals surface area contributed by atoms with E-state index < -0.39 is 0 Å². The Labute approximate surface area is 150 Å². The maximum atomic E-state index is 7.31. The summed E-state index contributed by atoms with van der Waals surface area (Å²) in [7, 11) is 0. The van der Waals surface area contributed by atoms with Crippen LogP contribution in [0.5, 0.6) is 0 Å². The molecule has 1 aliphatic rings. The van der Waals surface area contributed by atoms with Gasteiger partial charge in [0.1, 0.15) is 0 Å². The molecule has 3 heterocycles. The Morgan fingerprint density at radius 2 is 2.08 bits per heavy atom. The molecule has 3 aromatic rings. The van der Waals surface area contributed by atoms with Gasteiger partial charge in [0.05, 0.1) is 11.4 Å². The topological polar surface area (TPSA) is 39.4 Å². The first kappa shape index (κ1) is 15.8. The number of pyridine rings is 1. The third kappa shape index (κ3) is 3.39. The maximum absolute atomic E-state index is 7.31. The summed E-state index contributed by atoms with van der Waals surface area (Å²) >= 11 is 1.59. The molecule has 0 bridgehead atoms. The van der Waals surface area contributed by atoms with E-state index in [2.05, 4.69) is 26.7 Å². The van der Waals surface area contributed by atoms with E-state index in [1.54, 1.807) is 23.7 Å². The summed E-state index contributed by atoms with van der Waals surface area (Å²) in [6.45, 7) is 8.91. The Morgan fingerprint density at radius 1 is 1.20 bits per heavy atom. The molecule has 25 heavy (non-hydrogen) atoms. The summed E-state index contributed by atoms with van der Waals surface area (Å²) in [5.74, 6) is 6.94. The van der Waals surface area contributed by atoms with Gasteiger partial charge in [-0.3, -0.25) is 4.98 Å². The molecule has 0 radical (unpaired) electrons. The van der Waals surface area contributed by atoms with Crippen LogP contribution >= 0.6 is 11.3 Å². The highest BCUT2D eigenvalue weighted by Crippen LogP contribution is 2.32. The SMILES string of the molecule is [C-]#[N+]c1cncc2ccc(-c3cnc(C#CC4CCOCC4)s3)cc12. The van der Waals surface area contributed by atoms with Gasteiger partial charge in [-0.15, -0.1) is 11.3 Å². The average Bonchev–Trinajstić information content (AvgIpc) is 3.15. The van der Waals surface area contributed by atoms with Crippen molar-refractivity contribution in [2.24, 2.45) is 5.92 Å². The second-order valence-corrected chi connectivity index (χ2v) is 6.92. The average molecular weight is 345 g/mol. The summed E-state index contributed by atoms with van der Waals surface area (Å²) in [6, 6.07) is 6.08. The monoisotopic (exact) mass is 345 g/mol. The van der Waals surface area contributed by atoms with E-state index in [-0.39, 0.29) is 0 Å². The van der Waals surface area contributed by atoms with Gasteiger partial charge >= 0.3 is 0 Å². The molecule has 2 aromatic heterocycles. The second kappa shape index (κ2) is 7.03. The van der Waals surface area contributed by atoms with Crippen molar-refractivity contribution in [2.45, 2.75) is 12.8 Å². The summed E-state index contributed by atoms with van der Waals surface area (Å²) in [5, 5.41) is 2.73. The standard InChI is InChI=1S/C20H15N3OS/c1-21-18-12-22-11-16-4-3-15(10-17(16)18)19-13-23-20(25-19)5-2-14-6-8-24-9-7-14/h3-4,10-14H,6-9H2. The first-order valence-electron chi connectivity index (χ1n) is 8.14. The fraction of sp³-hybridized carbons (Fsp3) is 0.250. The van der Waals surface area contributed by atoms with Crippen molar-refractivity contribution >= 4 is 27.8 Å². The lowest BCUT2D eigenvalue weighted by Gasteiger charge is -2.16. The van der Waals surface area contributed by atoms with E-state index in [9.17, 15) is 0 Å². The molecule has 0 aliphatic carbocycles. The predicted octanol–water partition coefficient (Wildman–Crippen LogP) is 4.69. The van der Waals surface area contributed by atoms with E-state index in [1.165, 1.54) is 0 Å². The van der Waals surface area contributed by atoms with E-state index in [4.69, 9.17) is 11.3 Å². The second-order valence-electron chi connectivity index (χ2n) is 5.89. The van der Waals surface area contributed by atoms with Crippen LogP contribution in [0.25, 0.3) is 26.1 Å². The lowest BCUT2D eigenvalue weighted by Crippen LogP contribution is -2.13. The number of thiazole rings is 1. The smallest absolute Gasteiger partial charge is 0.212 e. The van der Waals surface area contributed by atoms with Gasteiger partial charge in [0.2, 0.25) is 5.69 Å². The number of hydrogen-bond donors (Lipinski definition) is 0. The van der Waals surface area contributed by atoms with Crippen LogP contribution in [0, 0.1) is 24.3 Å². The molecule has 5 heteroatoms. The summed E-state index contributed by atoms with van der Waals surface area (Å²) in [5.41, 5.74) is 1.63. The van der Waals surface area contributed by atoms with Crippen molar-refractivity contribution in [3.63, 3.8) is 0 Å². The zero-order valence-electron chi connectivity index (χ0n) is 13.5. The van der Waals surface area contributed by atoms with Gasteiger partial charge in [-0.25, -0.2) is 9.83 Å². The minimum absolute atomic E-state index is 0.412. The molecule has 4 rings (SSSR count). The predicted molar refractivity (Wildman–Crippen MR) is 99.5 cm³/mol. The van der Waals surface area contributed by atoms with E-state index in [1.807, 2.05) is 24.4 Å². The Kier molecular flexibility index (Phi) is 4.43. The van der Waals surface area contributed by atoms with Crippen LogP contribution in [0.3, 0.4) is 0 Å². The highest BCUT2D eigenvalue weighted by molar-refractivity contribution is 7.15. The number of ether oxygens (including phenoxy) is 1. The van der Waals surface area contributed by atoms with Crippen molar-refractivity contribution in [1.82, 2.24) is 9.97 Å². The van der Waals surface area contributed by atoms with Crippen molar-refractivity contribution in [3.05, 3.63) is 53.2 Å². The molecular formula is C20H15N3OS. The fourth-order valence-corrected chi connectivity index (χ4v) is 3.64. The number of aromatic nitrogens is 2. The van der Waals surface area contributed by atoms with Gasteiger partial charge in [-0.05, 0) is 35.1 Å². The van der Waals surface area contributed by atoms with Gasteiger partial charge in [0, 0.05) is 37.7 Å². The fourth-order valence-electron chi connectivity index (χ4n) is 2.86. The van der Waals surface area contributed by atoms with Gasteiger partial charge in [0.15, 0.2) is 5.01 Å². The number of fused-ring (bicyclic) bond motifs is 1. The van der Waals surface area contributed by atoms with Crippen molar-refractivity contribution < 1.29 is 4.74 Å². The molecule has 0 saturated carbocycles. The van der Waals surface area contributed by atoms with Crippen LogP contribution in [-0.2, 0) is 4.74 Å². The van der Waals surface area contributed by atoms with Gasteiger partial charge < -0.3 is 4.74 Å². The van der Waals surface area contributed by atoms with Crippen LogP contribution < -0.4 is 0 Å². The first-order valence-corrected chi connectivity index (χ1v) is 8.96. The Bertz CT molecular complexity index is 1020. The van der Waals surface area contributed by atoms with Crippen LogP contribution in [-0.4, -0.2) is 23.2 Å². The minimum Gasteiger partial charge on any atom is -0.381 e. The molecule has 0 spiro atoms. The third-order valence-corrected chi connectivity index (χ3v) is 5.22. The summed E-state index contributed by atoms with van der Waals surface area (Å²) < 4.78 is 5.36. The molecule has 0 unspecified atom stereocenters. The van der Waals surface area contributed by atoms with Crippen LogP contribution in [0.1, 0.15) is 17.8 Å². The quantitative estimate of drug-likeness (QED) is 0.474. The van der Waals surface area contributed by atoms with Gasteiger partial charge in [-0.2, -0.15) is 0 Å². The number of hydrogen-bond acceptors (Lipinski definition) is 4. The molecule has 4 nitrogen and oxygen atoms in total. The highest BCUT2D eigenvalue weighted by Gasteiger charge is 2.11. The van der Waals surface area contributed by atoms with E-state index >= 15 is 0 Å². The maximum Gasteiger partial charge on any atom is 0.212 e. The van der Waals surface area contributed by atoms with E-state index in [0.29, 0.717) is 11.6 Å². The van der Waals surface area contributed by atoms with Crippen molar-refractivity contribution in [3.8, 4) is 22.3 Å². The molecule has 1 fully saturated rings.